The van der Waals surface area contributed by atoms with Gasteiger partial charge in [0.05, 0.1) is 20.8 Å². The Balaban J connectivity index is 1.52. The number of fused-ring (bicyclic) bond motifs is 1. The molecule has 1 aliphatic rings. The number of carbonyl (C=O) groups is 1. The quantitative estimate of drug-likeness (QED) is 0.599. The maximum absolute atomic E-state index is 12.7. The van der Waals surface area contributed by atoms with E-state index in [4.69, 9.17) is 9.47 Å². The summed E-state index contributed by atoms with van der Waals surface area (Å²) < 4.78 is 39.1. The first-order valence-corrected chi connectivity index (χ1v) is 11.5. The number of likely N-dealkylation sites (N-methyl/N-ethyl adjacent to an activating group) is 1. The van der Waals surface area contributed by atoms with Gasteiger partial charge in [0, 0.05) is 23.9 Å². The summed E-state index contributed by atoms with van der Waals surface area (Å²) in [7, 11) is 1.07. The first kappa shape index (κ1) is 22.3. The van der Waals surface area contributed by atoms with Gasteiger partial charge >= 0.3 is 0 Å². The minimum atomic E-state index is -3.75. The van der Waals surface area contributed by atoms with Gasteiger partial charge < -0.3 is 19.7 Å². The Bertz CT molecular complexity index is 1330. The molecule has 0 aliphatic carbocycles. The van der Waals surface area contributed by atoms with Crippen LogP contribution in [0.25, 0.3) is 11.1 Å². The molecule has 1 heterocycles. The van der Waals surface area contributed by atoms with E-state index in [1.54, 1.807) is 51.6 Å². The van der Waals surface area contributed by atoms with Crippen molar-refractivity contribution in [1.29, 1.82) is 0 Å². The molecule has 0 saturated carbocycles. The van der Waals surface area contributed by atoms with Gasteiger partial charge in [-0.15, -0.1) is 4.40 Å². The maximum atomic E-state index is 12.7. The fraction of sp³-hybridized carbons (Fsp3) is 0.167. The third-order valence-corrected chi connectivity index (χ3v) is 6.56. The summed E-state index contributed by atoms with van der Waals surface area (Å²) >= 11 is 0. The topological polar surface area (TPSA) is 97.3 Å². The van der Waals surface area contributed by atoms with Crippen molar-refractivity contribution >= 4 is 27.5 Å². The van der Waals surface area contributed by atoms with Crippen LogP contribution in [0.2, 0.25) is 0 Å². The number of carbonyl (C=O) groups excluding carboxylic acids is 1. The average molecular weight is 466 g/mol. The number of ether oxygens (including phenoxy) is 2. The first-order valence-electron chi connectivity index (χ1n) is 10.1. The van der Waals surface area contributed by atoms with Gasteiger partial charge in [0.25, 0.3) is 10.0 Å². The van der Waals surface area contributed by atoms with Gasteiger partial charge in [0.2, 0.25) is 5.91 Å². The van der Waals surface area contributed by atoms with Crippen LogP contribution in [0.5, 0.6) is 11.5 Å². The molecule has 0 radical (unpaired) electrons. The number of sulfonamides is 1. The van der Waals surface area contributed by atoms with Crippen LogP contribution < -0.4 is 14.8 Å². The largest absolute Gasteiger partial charge is 0.497 e. The van der Waals surface area contributed by atoms with Gasteiger partial charge in [0.1, 0.15) is 16.4 Å². The highest BCUT2D eigenvalue weighted by atomic mass is 32.2. The highest BCUT2D eigenvalue weighted by Gasteiger charge is 2.30. The summed E-state index contributed by atoms with van der Waals surface area (Å²) in [6.45, 7) is -0.0768. The van der Waals surface area contributed by atoms with Crippen LogP contribution in [0.4, 0.5) is 5.69 Å². The Morgan fingerprint density at radius 1 is 0.970 bits per heavy atom. The molecule has 0 fully saturated rings. The number of amidine groups is 1. The zero-order chi connectivity index (χ0) is 23.6. The second-order valence-corrected chi connectivity index (χ2v) is 9.01. The number of anilines is 1. The molecule has 1 amide bonds. The number of amides is 1. The fourth-order valence-corrected chi connectivity index (χ4v) is 4.89. The minimum Gasteiger partial charge on any atom is -0.497 e. The van der Waals surface area contributed by atoms with Crippen molar-refractivity contribution in [3.8, 4) is 22.6 Å². The van der Waals surface area contributed by atoms with Crippen molar-refractivity contribution in [2.45, 2.75) is 4.90 Å². The Hall–Kier alpha value is -3.85. The van der Waals surface area contributed by atoms with Crippen LogP contribution in [0, 0.1) is 0 Å². The molecule has 33 heavy (non-hydrogen) atoms. The molecule has 0 bridgehead atoms. The summed E-state index contributed by atoms with van der Waals surface area (Å²) in [4.78, 5) is 14.4. The fourth-order valence-electron chi connectivity index (χ4n) is 3.64. The van der Waals surface area contributed by atoms with Crippen LogP contribution in [0.15, 0.2) is 76.0 Å². The lowest BCUT2D eigenvalue weighted by Gasteiger charge is -2.19. The molecule has 1 aliphatic heterocycles. The minimum absolute atomic E-state index is 0.0768. The molecule has 0 aromatic heterocycles. The van der Waals surface area contributed by atoms with Gasteiger partial charge in [-0.1, -0.05) is 24.3 Å². The van der Waals surface area contributed by atoms with E-state index in [1.165, 1.54) is 11.0 Å². The number of rotatable bonds is 6. The second-order valence-electron chi connectivity index (χ2n) is 7.43. The van der Waals surface area contributed by atoms with E-state index in [1.807, 2.05) is 30.3 Å². The molecule has 3 aromatic rings. The molecule has 0 spiro atoms. The zero-order valence-electron chi connectivity index (χ0n) is 18.4. The standard InChI is InChI=1S/C24H23N3O5S/c1-27(24-19-6-4-5-7-22(19)33(29,30)26-24)15-23(28)25-17-10-13-21(32-3)20(14-17)16-8-11-18(31-2)12-9-16/h4-14H,15H2,1-3H3,(H,25,28). The normalized spacial score (nSPS) is 13.6. The average Bonchev–Trinajstić information content (AvgIpc) is 3.10. The summed E-state index contributed by atoms with van der Waals surface area (Å²) in [5.41, 5.74) is 2.79. The number of nitrogens with zero attached hydrogens (tertiary/aromatic N) is 2. The number of hydrogen-bond acceptors (Lipinski definition) is 6. The Labute approximate surface area is 192 Å². The molecular formula is C24H23N3O5S. The molecule has 0 unspecified atom stereocenters. The summed E-state index contributed by atoms with van der Waals surface area (Å²) in [6.07, 6.45) is 0. The predicted molar refractivity (Wildman–Crippen MR) is 126 cm³/mol. The monoisotopic (exact) mass is 465 g/mol. The smallest absolute Gasteiger partial charge is 0.285 e. The van der Waals surface area contributed by atoms with Crippen molar-refractivity contribution < 1.29 is 22.7 Å². The van der Waals surface area contributed by atoms with Gasteiger partial charge in [-0.2, -0.15) is 8.42 Å². The summed E-state index contributed by atoms with van der Waals surface area (Å²) in [5.74, 6) is 1.34. The van der Waals surface area contributed by atoms with Crippen LogP contribution in [-0.4, -0.2) is 52.9 Å². The van der Waals surface area contributed by atoms with Crippen LogP contribution in [0.1, 0.15) is 5.56 Å². The van der Waals surface area contributed by atoms with Crippen molar-refractivity contribution in [1.82, 2.24) is 4.90 Å². The van der Waals surface area contributed by atoms with Gasteiger partial charge in [0.15, 0.2) is 5.84 Å². The van der Waals surface area contributed by atoms with E-state index in [0.29, 0.717) is 17.0 Å². The molecule has 0 saturated heterocycles. The van der Waals surface area contributed by atoms with Crippen molar-refractivity contribution in [2.75, 3.05) is 33.1 Å². The van der Waals surface area contributed by atoms with Crippen molar-refractivity contribution in [3.05, 3.63) is 72.3 Å². The van der Waals surface area contributed by atoms with E-state index in [2.05, 4.69) is 9.71 Å². The number of nitrogens with one attached hydrogen (secondary N) is 1. The van der Waals surface area contributed by atoms with Crippen LogP contribution >= 0.6 is 0 Å². The molecule has 9 heteroatoms. The number of methoxy groups -OCH3 is 2. The van der Waals surface area contributed by atoms with Gasteiger partial charge in [-0.3, -0.25) is 4.79 Å². The SMILES string of the molecule is COc1ccc(-c2cc(NC(=O)CN(C)C3=NS(=O)(=O)c4ccccc43)ccc2OC)cc1. The zero-order valence-corrected chi connectivity index (χ0v) is 19.2. The van der Waals surface area contributed by atoms with E-state index in [9.17, 15) is 13.2 Å². The Morgan fingerprint density at radius 3 is 2.39 bits per heavy atom. The number of hydrogen-bond donors (Lipinski definition) is 1. The summed E-state index contributed by atoms with van der Waals surface area (Å²) in [6, 6.07) is 19.4. The Morgan fingerprint density at radius 2 is 1.70 bits per heavy atom. The molecular weight excluding hydrogens is 442 g/mol. The summed E-state index contributed by atoms with van der Waals surface area (Å²) in [5, 5.41) is 2.86. The van der Waals surface area contributed by atoms with E-state index in [0.717, 1.165) is 16.9 Å². The second kappa shape index (κ2) is 8.95. The lowest BCUT2D eigenvalue weighted by Crippen LogP contribution is -2.34. The van der Waals surface area contributed by atoms with Crippen LogP contribution in [0.3, 0.4) is 0 Å². The molecule has 4 rings (SSSR count). The molecule has 8 nitrogen and oxygen atoms in total. The van der Waals surface area contributed by atoms with Gasteiger partial charge in [-0.05, 0) is 48.0 Å². The number of benzene rings is 3. The molecule has 1 N–H and O–H groups in total. The first-order chi connectivity index (χ1) is 15.8. The van der Waals surface area contributed by atoms with Crippen LogP contribution in [-0.2, 0) is 14.8 Å². The third-order valence-electron chi connectivity index (χ3n) is 5.24. The highest BCUT2D eigenvalue weighted by Crippen LogP contribution is 2.33. The lowest BCUT2D eigenvalue weighted by atomic mass is 10.0. The maximum Gasteiger partial charge on any atom is 0.285 e. The van der Waals surface area contributed by atoms with E-state index in [-0.39, 0.29) is 23.2 Å². The van der Waals surface area contributed by atoms with E-state index < -0.39 is 10.0 Å². The molecule has 170 valence electrons. The lowest BCUT2D eigenvalue weighted by molar-refractivity contribution is -0.116. The molecule has 3 aromatic carbocycles. The predicted octanol–water partition coefficient (Wildman–Crippen LogP) is 3.39. The Kier molecular flexibility index (Phi) is 6.06. The van der Waals surface area contributed by atoms with Gasteiger partial charge in [-0.25, -0.2) is 0 Å². The van der Waals surface area contributed by atoms with Crippen molar-refractivity contribution in [2.24, 2.45) is 4.40 Å². The third kappa shape index (κ3) is 4.54. The van der Waals surface area contributed by atoms with Crippen molar-refractivity contribution in [3.63, 3.8) is 0 Å². The highest BCUT2D eigenvalue weighted by molar-refractivity contribution is 7.90. The van der Waals surface area contributed by atoms with E-state index >= 15 is 0 Å². The molecule has 0 atom stereocenters.